The molecule has 0 fully saturated rings. The fourth-order valence-electron chi connectivity index (χ4n) is 1.06. The Kier molecular flexibility index (Phi) is 3.85. The summed E-state index contributed by atoms with van der Waals surface area (Å²) in [6.45, 7) is 0. The van der Waals surface area contributed by atoms with Gasteiger partial charge in [0.25, 0.3) is 0 Å². The highest BCUT2D eigenvalue weighted by atomic mass is 19.1. The first-order valence-electron chi connectivity index (χ1n) is 4.30. The van der Waals surface area contributed by atoms with E-state index in [1.54, 1.807) is 24.3 Å². The summed E-state index contributed by atoms with van der Waals surface area (Å²) >= 11 is 0. The van der Waals surface area contributed by atoms with Crippen molar-refractivity contribution in [3.8, 4) is 0 Å². The van der Waals surface area contributed by atoms with E-state index in [1.165, 1.54) is 12.1 Å². The Hall–Kier alpha value is -1.64. The molecule has 0 aliphatic rings. The van der Waals surface area contributed by atoms with Gasteiger partial charge in [-0.2, -0.15) is 0 Å². The minimum Gasteiger partial charge on any atom is -0.481 e. The maximum absolute atomic E-state index is 13.0. The average molecular weight is 194 g/mol. The Morgan fingerprint density at radius 3 is 2.71 bits per heavy atom. The molecule has 0 saturated heterocycles. The lowest BCUT2D eigenvalue weighted by atomic mass is 10.1. The van der Waals surface area contributed by atoms with E-state index < -0.39 is 5.97 Å². The lowest BCUT2D eigenvalue weighted by Gasteiger charge is -1.96. The normalized spacial score (nSPS) is 10.6. The first-order chi connectivity index (χ1) is 6.70. The summed E-state index contributed by atoms with van der Waals surface area (Å²) in [5, 5.41) is 8.34. The number of halogens is 1. The van der Waals surface area contributed by atoms with Crippen molar-refractivity contribution in [2.75, 3.05) is 0 Å². The number of hydrogen-bond acceptors (Lipinski definition) is 1. The van der Waals surface area contributed by atoms with E-state index in [9.17, 15) is 9.18 Å². The maximum atomic E-state index is 13.0. The minimum absolute atomic E-state index is 0.0194. The molecule has 1 aromatic rings. The van der Waals surface area contributed by atoms with E-state index >= 15 is 0 Å². The summed E-state index contributed by atoms with van der Waals surface area (Å²) in [7, 11) is 0. The highest BCUT2D eigenvalue weighted by Gasteiger charge is 1.97. The second-order valence-electron chi connectivity index (χ2n) is 2.86. The summed E-state index contributed by atoms with van der Waals surface area (Å²) in [5.74, 6) is -1.14. The SMILES string of the molecule is O=C(O)C/C=C\Cc1ccccc1F. The molecule has 1 rings (SSSR count). The Balaban J connectivity index is 2.49. The molecule has 3 heteroatoms. The molecule has 0 aliphatic carbocycles. The van der Waals surface area contributed by atoms with Crippen molar-refractivity contribution < 1.29 is 14.3 Å². The fraction of sp³-hybridized carbons (Fsp3) is 0.182. The number of hydrogen-bond donors (Lipinski definition) is 1. The molecule has 74 valence electrons. The monoisotopic (exact) mass is 194 g/mol. The van der Waals surface area contributed by atoms with E-state index in [0.29, 0.717) is 12.0 Å². The quantitative estimate of drug-likeness (QED) is 0.747. The van der Waals surface area contributed by atoms with Crippen LogP contribution in [0, 0.1) is 5.82 Å². The average Bonchev–Trinajstić information content (AvgIpc) is 2.15. The number of aliphatic carboxylic acids is 1. The molecule has 0 spiro atoms. The van der Waals surface area contributed by atoms with Crippen molar-refractivity contribution in [3.05, 3.63) is 47.8 Å². The largest absolute Gasteiger partial charge is 0.481 e. The van der Waals surface area contributed by atoms with E-state index in [2.05, 4.69) is 0 Å². The van der Waals surface area contributed by atoms with E-state index in [4.69, 9.17) is 5.11 Å². The van der Waals surface area contributed by atoms with Gasteiger partial charge in [0.15, 0.2) is 0 Å². The molecule has 0 amide bonds. The molecule has 0 atom stereocenters. The van der Waals surface area contributed by atoms with Gasteiger partial charge in [0.1, 0.15) is 5.82 Å². The third kappa shape index (κ3) is 3.39. The van der Waals surface area contributed by atoms with Crippen LogP contribution < -0.4 is 0 Å². The molecule has 2 nitrogen and oxygen atoms in total. The number of carboxylic acid groups (broad SMARTS) is 1. The van der Waals surface area contributed by atoms with Gasteiger partial charge < -0.3 is 5.11 Å². The van der Waals surface area contributed by atoms with Crippen LogP contribution in [0.1, 0.15) is 12.0 Å². The Morgan fingerprint density at radius 2 is 2.07 bits per heavy atom. The third-order valence-corrected chi connectivity index (χ3v) is 1.75. The molecular formula is C11H11FO2. The lowest BCUT2D eigenvalue weighted by molar-refractivity contribution is -0.136. The zero-order valence-corrected chi connectivity index (χ0v) is 7.61. The van der Waals surface area contributed by atoms with Crippen LogP contribution in [-0.4, -0.2) is 11.1 Å². The Morgan fingerprint density at radius 1 is 1.36 bits per heavy atom. The molecule has 0 bridgehead atoms. The van der Waals surface area contributed by atoms with Crippen LogP contribution >= 0.6 is 0 Å². The number of rotatable bonds is 4. The van der Waals surface area contributed by atoms with Crippen LogP contribution in [-0.2, 0) is 11.2 Å². The highest BCUT2D eigenvalue weighted by Crippen LogP contribution is 2.07. The second-order valence-corrected chi connectivity index (χ2v) is 2.86. The van der Waals surface area contributed by atoms with Crippen LogP contribution in [0.15, 0.2) is 36.4 Å². The van der Waals surface area contributed by atoms with Gasteiger partial charge in [-0.3, -0.25) is 4.79 Å². The highest BCUT2D eigenvalue weighted by molar-refractivity contribution is 5.68. The van der Waals surface area contributed by atoms with Gasteiger partial charge >= 0.3 is 5.97 Å². The van der Waals surface area contributed by atoms with Crippen molar-refractivity contribution in [2.45, 2.75) is 12.8 Å². The van der Waals surface area contributed by atoms with E-state index in [1.807, 2.05) is 0 Å². The number of carboxylic acids is 1. The summed E-state index contributed by atoms with van der Waals surface area (Å²) in [5.41, 5.74) is 0.578. The number of allylic oxidation sites excluding steroid dienone is 1. The smallest absolute Gasteiger partial charge is 0.307 e. The molecule has 0 saturated carbocycles. The molecule has 0 unspecified atom stereocenters. The molecule has 1 aromatic carbocycles. The van der Waals surface area contributed by atoms with Gasteiger partial charge in [-0.05, 0) is 18.1 Å². The van der Waals surface area contributed by atoms with Crippen molar-refractivity contribution >= 4 is 5.97 Å². The molecule has 0 heterocycles. The van der Waals surface area contributed by atoms with Crippen LogP contribution in [0.25, 0.3) is 0 Å². The molecule has 0 radical (unpaired) electrons. The zero-order valence-electron chi connectivity index (χ0n) is 7.61. The molecule has 0 aromatic heterocycles. The third-order valence-electron chi connectivity index (χ3n) is 1.75. The standard InChI is InChI=1S/C11H11FO2/c12-10-7-3-1-5-9(10)6-2-4-8-11(13)14/h1-5,7H,6,8H2,(H,13,14)/b4-2-. The Bertz CT molecular complexity index is 345. The first kappa shape index (κ1) is 10.4. The molecular weight excluding hydrogens is 183 g/mol. The van der Waals surface area contributed by atoms with Crippen LogP contribution in [0.3, 0.4) is 0 Å². The summed E-state index contributed by atoms with van der Waals surface area (Å²) < 4.78 is 13.0. The fourth-order valence-corrected chi connectivity index (χ4v) is 1.06. The Labute approximate surface area is 81.7 Å². The topological polar surface area (TPSA) is 37.3 Å². The van der Waals surface area contributed by atoms with Gasteiger partial charge in [0, 0.05) is 0 Å². The molecule has 14 heavy (non-hydrogen) atoms. The van der Waals surface area contributed by atoms with Crippen molar-refractivity contribution in [2.24, 2.45) is 0 Å². The summed E-state index contributed by atoms with van der Waals surface area (Å²) in [4.78, 5) is 10.2. The van der Waals surface area contributed by atoms with Crippen LogP contribution in [0.2, 0.25) is 0 Å². The minimum atomic E-state index is -0.880. The van der Waals surface area contributed by atoms with Crippen LogP contribution in [0.4, 0.5) is 4.39 Å². The molecule has 1 N–H and O–H groups in total. The second kappa shape index (κ2) is 5.17. The predicted molar refractivity (Wildman–Crippen MR) is 51.5 cm³/mol. The zero-order chi connectivity index (χ0) is 10.4. The maximum Gasteiger partial charge on any atom is 0.307 e. The lowest BCUT2D eigenvalue weighted by Crippen LogP contribution is -1.91. The summed E-state index contributed by atoms with van der Waals surface area (Å²) in [6.07, 6.45) is 3.59. The summed E-state index contributed by atoms with van der Waals surface area (Å²) in [6, 6.07) is 6.45. The molecule has 0 aliphatic heterocycles. The van der Waals surface area contributed by atoms with Gasteiger partial charge in [-0.15, -0.1) is 0 Å². The van der Waals surface area contributed by atoms with Crippen molar-refractivity contribution in [3.63, 3.8) is 0 Å². The van der Waals surface area contributed by atoms with Crippen molar-refractivity contribution in [1.82, 2.24) is 0 Å². The van der Waals surface area contributed by atoms with Gasteiger partial charge in [0.2, 0.25) is 0 Å². The predicted octanol–water partition coefficient (Wildman–Crippen LogP) is 2.40. The van der Waals surface area contributed by atoms with Gasteiger partial charge in [0.05, 0.1) is 6.42 Å². The van der Waals surface area contributed by atoms with E-state index in [-0.39, 0.29) is 12.2 Å². The first-order valence-corrected chi connectivity index (χ1v) is 4.30. The van der Waals surface area contributed by atoms with Crippen molar-refractivity contribution in [1.29, 1.82) is 0 Å². The van der Waals surface area contributed by atoms with E-state index in [0.717, 1.165) is 0 Å². The van der Waals surface area contributed by atoms with Gasteiger partial charge in [-0.25, -0.2) is 4.39 Å². The van der Waals surface area contributed by atoms with Gasteiger partial charge in [-0.1, -0.05) is 30.4 Å². The van der Waals surface area contributed by atoms with Crippen LogP contribution in [0.5, 0.6) is 0 Å². The number of benzene rings is 1. The number of carbonyl (C=O) groups is 1.